The molecule has 0 amide bonds. The van der Waals surface area contributed by atoms with Gasteiger partial charge in [-0.25, -0.2) is 9.97 Å². The summed E-state index contributed by atoms with van der Waals surface area (Å²) < 4.78 is 4.72. The van der Waals surface area contributed by atoms with Gasteiger partial charge in [0.1, 0.15) is 0 Å². The molecule has 13 rings (SSSR count). The van der Waals surface area contributed by atoms with Crippen LogP contribution in [0.4, 0.5) is 0 Å². The minimum Gasteiger partial charge on any atom is -0.309 e. The quantitative estimate of drug-likeness (QED) is 0.153. The number of rotatable bonds is 8. The van der Waals surface area contributed by atoms with Crippen LogP contribution in [0, 0.1) is 0 Å². The molecule has 0 fully saturated rings. The first kappa shape index (κ1) is 39.3. The molecule has 0 spiro atoms. The lowest BCUT2D eigenvalue weighted by atomic mass is 9.98. The van der Waals surface area contributed by atoms with E-state index in [9.17, 15) is 0 Å². The lowest BCUT2D eigenvalue weighted by Crippen LogP contribution is -1.98. The Hall–Kier alpha value is -9.12. The Balaban J connectivity index is 0.879. The third-order valence-electron chi connectivity index (χ3n) is 13.4. The maximum Gasteiger partial charge on any atom is 0.160 e. The highest BCUT2D eigenvalue weighted by Gasteiger charge is 2.16. The average Bonchev–Trinajstić information content (AvgIpc) is 3.94. The Bertz CT molecular complexity index is 3890. The summed E-state index contributed by atoms with van der Waals surface area (Å²) in [7, 11) is 0. The van der Waals surface area contributed by atoms with E-state index in [-0.39, 0.29) is 0 Å². The van der Waals surface area contributed by atoms with Gasteiger partial charge in [0.05, 0.1) is 33.5 Å². The van der Waals surface area contributed by atoms with Crippen molar-refractivity contribution >= 4 is 43.6 Å². The number of para-hydroxylation sites is 4. The zero-order valence-corrected chi connectivity index (χ0v) is 37.0. The smallest absolute Gasteiger partial charge is 0.160 e. The third kappa shape index (κ3) is 6.86. The molecule has 68 heavy (non-hydrogen) atoms. The molecule has 13 aromatic rings. The molecular formula is C64H42N4. The average molecular weight is 867 g/mol. The molecule has 4 heteroatoms. The van der Waals surface area contributed by atoms with Crippen molar-refractivity contribution in [2.45, 2.75) is 0 Å². The zero-order valence-electron chi connectivity index (χ0n) is 37.0. The summed E-state index contributed by atoms with van der Waals surface area (Å²) in [6.45, 7) is 0. The van der Waals surface area contributed by atoms with Crippen molar-refractivity contribution in [2.75, 3.05) is 0 Å². The Labute approximate surface area is 394 Å². The van der Waals surface area contributed by atoms with Gasteiger partial charge in [0.25, 0.3) is 0 Å². The van der Waals surface area contributed by atoms with Crippen molar-refractivity contribution in [2.24, 2.45) is 0 Å². The van der Waals surface area contributed by atoms with Gasteiger partial charge in [-0.05, 0) is 94.0 Å². The Morgan fingerprint density at radius 3 is 1.13 bits per heavy atom. The van der Waals surface area contributed by atoms with Crippen LogP contribution in [-0.2, 0) is 0 Å². The van der Waals surface area contributed by atoms with Crippen LogP contribution in [0.5, 0.6) is 0 Å². The Kier molecular flexibility index (Phi) is 9.47. The Morgan fingerprint density at radius 2 is 0.588 bits per heavy atom. The number of hydrogen-bond donors (Lipinski definition) is 0. The van der Waals surface area contributed by atoms with Crippen molar-refractivity contribution < 1.29 is 0 Å². The van der Waals surface area contributed by atoms with Gasteiger partial charge in [-0.1, -0.05) is 194 Å². The van der Waals surface area contributed by atoms with Crippen LogP contribution < -0.4 is 0 Å². The molecule has 4 nitrogen and oxygen atoms in total. The lowest BCUT2D eigenvalue weighted by Gasteiger charge is -2.13. The van der Waals surface area contributed by atoms with Gasteiger partial charge in [-0.15, -0.1) is 0 Å². The molecule has 318 valence electrons. The normalized spacial score (nSPS) is 11.5. The van der Waals surface area contributed by atoms with Crippen LogP contribution >= 0.6 is 0 Å². The van der Waals surface area contributed by atoms with Crippen molar-refractivity contribution in [1.82, 2.24) is 19.1 Å². The van der Waals surface area contributed by atoms with Gasteiger partial charge >= 0.3 is 0 Å². The highest BCUT2D eigenvalue weighted by Crippen LogP contribution is 2.37. The van der Waals surface area contributed by atoms with Crippen LogP contribution in [0.1, 0.15) is 0 Å². The van der Waals surface area contributed by atoms with Gasteiger partial charge < -0.3 is 9.13 Å². The monoisotopic (exact) mass is 866 g/mol. The second-order valence-corrected chi connectivity index (χ2v) is 17.4. The summed E-state index contributed by atoms with van der Waals surface area (Å²) in [5, 5.41) is 4.99. The fourth-order valence-electron chi connectivity index (χ4n) is 10.0. The first-order valence-electron chi connectivity index (χ1n) is 23.1. The zero-order chi connectivity index (χ0) is 45.0. The molecule has 0 bridgehead atoms. The topological polar surface area (TPSA) is 35.6 Å². The van der Waals surface area contributed by atoms with E-state index in [2.05, 4.69) is 264 Å². The highest BCUT2D eigenvalue weighted by molar-refractivity contribution is 6.10. The van der Waals surface area contributed by atoms with E-state index in [0.29, 0.717) is 5.82 Å². The number of nitrogens with zero attached hydrogens (tertiary/aromatic N) is 4. The summed E-state index contributed by atoms with van der Waals surface area (Å²) in [6, 6.07) is 91.0. The highest BCUT2D eigenvalue weighted by atomic mass is 15.0. The second-order valence-electron chi connectivity index (χ2n) is 17.4. The molecule has 0 aliphatic rings. The maximum atomic E-state index is 5.31. The first-order chi connectivity index (χ1) is 33.7. The molecule has 0 saturated heterocycles. The third-order valence-corrected chi connectivity index (χ3v) is 13.4. The molecule has 0 atom stereocenters. The van der Waals surface area contributed by atoms with Crippen LogP contribution in [0.15, 0.2) is 255 Å². The number of hydrogen-bond acceptors (Lipinski definition) is 2. The van der Waals surface area contributed by atoms with Crippen LogP contribution in [0.3, 0.4) is 0 Å². The van der Waals surface area contributed by atoms with Crippen molar-refractivity contribution in [3.63, 3.8) is 0 Å². The molecule has 0 aliphatic carbocycles. The number of fused-ring (bicyclic) bond motifs is 6. The molecule has 0 radical (unpaired) electrons. The van der Waals surface area contributed by atoms with Crippen LogP contribution in [0.2, 0.25) is 0 Å². The first-order valence-corrected chi connectivity index (χ1v) is 23.1. The molecular weight excluding hydrogens is 825 g/mol. The van der Waals surface area contributed by atoms with Crippen LogP contribution in [-0.4, -0.2) is 19.1 Å². The van der Waals surface area contributed by atoms with Gasteiger partial charge in [0.15, 0.2) is 5.82 Å². The fourth-order valence-corrected chi connectivity index (χ4v) is 10.0. The predicted molar refractivity (Wildman–Crippen MR) is 283 cm³/mol. The van der Waals surface area contributed by atoms with Crippen molar-refractivity contribution in [1.29, 1.82) is 0 Å². The minimum absolute atomic E-state index is 0.675. The maximum absolute atomic E-state index is 5.31. The fraction of sp³-hybridized carbons (Fsp3) is 0. The molecule has 0 aliphatic heterocycles. The van der Waals surface area contributed by atoms with Crippen LogP contribution in [0.25, 0.3) is 122 Å². The summed E-state index contributed by atoms with van der Waals surface area (Å²) in [6.07, 6.45) is 0. The van der Waals surface area contributed by atoms with E-state index in [1.165, 1.54) is 54.7 Å². The summed E-state index contributed by atoms with van der Waals surface area (Å²) in [5.41, 5.74) is 18.7. The largest absolute Gasteiger partial charge is 0.309 e. The van der Waals surface area contributed by atoms with Crippen molar-refractivity contribution in [3.05, 3.63) is 255 Å². The van der Waals surface area contributed by atoms with E-state index in [1.54, 1.807) is 0 Å². The summed E-state index contributed by atoms with van der Waals surface area (Å²) >= 11 is 0. The summed E-state index contributed by atoms with van der Waals surface area (Å²) in [4.78, 5) is 10.6. The van der Waals surface area contributed by atoms with Gasteiger partial charge in [0, 0.05) is 49.6 Å². The predicted octanol–water partition coefficient (Wildman–Crippen LogP) is 16.7. The number of benzene rings is 10. The van der Waals surface area contributed by atoms with Gasteiger partial charge in [-0.3, -0.25) is 0 Å². The van der Waals surface area contributed by atoms with Crippen molar-refractivity contribution in [3.8, 4) is 78.7 Å². The molecule has 0 N–H and O–H groups in total. The second kappa shape index (κ2) is 16.4. The van der Waals surface area contributed by atoms with E-state index in [0.717, 1.165) is 61.7 Å². The summed E-state index contributed by atoms with van der Waals surface area (Å²) in [5.74, 6) is 0.675. The van der Waals surface area contributed by atoms with E-state index < -0.39 is 0 Å². The standard InChI is InChI=1S/C64H42N4/c1-2-14-43(15-3-1)49-16-12-17-50(40-49)46-30-34-48(35-31-46)64-65-58(42-59(66-64)51-18-13-19-53(41-51)68-62-26-10-6-22-56(62)57-23-7-11-27-63(57)68)47-32-28-44(29-33-47)45-36-38-52(39-37-45)67-60-24-8-4-20-54(60)55-21-5-9-25-61(55)67/h1-42H. The molecule has 3 heterocycles. The molecule has 0 saturated carbocycles. The number of aromatic nitrogens is 4. The molecule has 10 aromatic carbocycles. The lowest BCUT2D eigenvalue weighted by molar-refractivity contribution is 1.16. The SMILES string of the molecule is c1ccc(-c2cccc(-c3ccc(-c4nc(-c5ccc(-c6ccc(-n7c8ccccc8c8ccccc87)cc6)cc5)cc(-c5cccc(-n6c7ccccc7c7ccccc76)c5)n4)cc3)c2)cc1. The van der Waals surface area contributed by atoms with E-state index in [4.69, 9.17) is 9.97 Å². The molecule has 3 aromatic heterocycles. The van der Waals surface area contributed by atoms with E-state index >= 15 is 0 Å². The van der Waals surface area contributed by atoms with Gasteiger partial charge in [-0.2, -0.15) is 0 Å². The Morgan fingerprint density at radius 1 is 0.221 bits per heavy atom. The molecule has 0 unspecified atom stereocenters. The van der Waals surface area contributed by atoms with E-state index in [1.807, 2.05) is 0 Å². The van der Waals surface area contributed by atoms with Gasteiger partial charge in [0.2, 0.25) is 0 Å². The minimum atomic E-state index is 0.675.